The van der Waals surface area contributed by atoms with E-state index in [1.54, 1.807) is 24.3 Å². The predicted octanol–water partition coefficient (Wildman–Crippen LogP) is 5.63. The maximum atomic E-state index is 13.5. The lowest BCUT2D eigenvalue weighted by Gasteiger charge is -2.13. The summed E-state index contributed by atoms with van der Waals surface area (Å²) < 4.78 is 41.1. The van der Waals surface area contributed by atoms with Crippen LogP contribution in [-0.2, 0) is 16.6 Å². The summed E-state index contributed by atoms with van der Waals surface area (Å²) in [4.78, 5) is 0. The molecule has 0 aliphatic rings. The van der Waals surface area contributed by atoms with Gasteiger partial charge in [-0.1, -0.05) is 58.4 Å². The highest BCUT2D eigenvalue weighted by Gasteiger charge is 2.23. The Kier molecular flexibility index (Phi) is 5.19. The van der Waals surface area contributed by atoms with Crippen LogP contribution < -0.4 is 5.32 Å². The van der Waals surface area contributed by atoms with E-state index in [0.717, 1.165) is 26.5 Å². The van der Waals surface area contributed by atoms with E-state index in [4.69, 9.17) is 0 Å². The topological polar surface area (TPSA) is 51.1 Å². The molecular formula is C22H18BrFN2O2S. The number of para-hydroxylation sites is 1. The minimum Gasteiger partial charge on any atom is -0.366 e. The average molecular weight is 473 g/mol. The molecule has 0 bridgehead atoms. The summed E-state index contributed by atoms with van der Waals surface area (Å²) in [6, 6.07) is 21.2. The minimum absolute atomic E-state index is 0.343. The lowest BCUT2D eigenvalue weighted by molar-refractivity contribution is 0.595. The highest BCUT2D eigenvalue weighted by molar-refractivity contribution is 9.10. The summed E-state index contributed by atoms with van der Waals surface area (Å²) in [7, 11) is -3.60. The van der Waals surface area contributed by atoms with Gasteiger partial charge in [0.05, 0.1) is 11.8 Å². The molecule has 0 spiro atoms. The van der Waals surface area contributed by atoms with Gasteiger partial charge in [-0.2, -0.15) is 0 Å². The van der Waals surface area contributed by atoms with Crippen molar-refractivity contribution in [3.05, 3.63) is 88.6 Å². The van der Waals surface area contributed by atoms with Gasteiger partial charge in [0.2, 0.25) is 10.0 Å². The Balaban J connectivity index is 1.94. The van der Waals surface area contributed by atoms with E-state index in [1.807, 2.05) is 36.4 Å². The van der Waals surface area contributed by atoms with Gasteiger partial charge >= 0.3 is 0 Å². The van der Waals surface area contributed by atoms with Crippen molar-refractivity contribution in [1.29, 1.82) is 0 Å². The van der Waals surface area contributed by atoms with E-state index >= 15 is 0 Å². The predicted molar refractivity (Wildman–Crippen MR) is 119 cm³/mol. The van der Waals surface area contributed by atoms with Crippen molar-refractivity contribution in [3.63, 3.8) is 0 Å². The van der Waals surface area contributed by atoms with Crippen LogP contribution in [0.1, 0.15) is 5.56 Å². The summed E-state index contributed by atoms with van der Waals surface area (Å²) >= 11 is 3.46. The summed E-state index contributed by atoms with van der Waals surface area (Å²) in [5.41, 5.74) is 3.03. The van der Waals surface area contributed by atoms with Gasteiger partial charge in [0.15, 0.2) is 0 Å². The Bertz CT molecular complexity index is 1300. The molecule has 148 valence electrons. The molecule has 0 radical (unpaired) electrons. The van der Waals surface area contributed by atoms with E-state index in [1.165, 1.54) is 22.4 Å². The average Bonchev–Trinajstić information content (AvgIpc) is 3.01. The van der Waals surface area contributed by atoms with Crippen LogP contribution in [0.5, 0.6) is 0 Å². The number of nitrogens with one attached hydrogen (secondary N) is 1. The van der Waals surface area contributed by atoms with E-state index in [-0.39, 0.29) is 5.82 Å². The molecule has 1 N–H and O–H groups in total. The molecule has 0 atom stereocenters. The number of anilines is 1. The van der Waals surface area contributed by atoms with Crippen molar-refractivity contribution in [3.8, 4) is 11.1 Å². The van der Waals surface area contributed by atoms with Crippen LogP contribution in [0, 0.1) is 5.82 Å². The highest BCUT2D eigenvalue weighted by atomic mass is 79.9. The first-order chi connectivity index (χ1) is 13.8. The Labute approximate surface area is 177 Å². The van der Waals surface area contributed by atoms with Crippen LogP contribution in [-0.4, -0.2) is 18.6 Å². The van der Waals surface area contributed by atoms with Gasteiger partial charge < -0.3 is 5.32 Å². The van der Waals surface area contributed by atoms with Gasteiger partial charge in [-0.25, -0.2) is 16.8 Å². The molecule has 4 aromatic rings. The molecule has 29 heavy (non-hydrogen) atoms. The fourth-order valence-corrected chi connectivity index (χ4v) is 4.91. The number of hydrogen-bond acceptors (Lipinski definition) is 3. The summed E-state index contributed by atoms with van der Waals surface area (Å²) in [6.45, 7) is 0.430. The van der Waals surface area contributed by atoms with Gasteiger partial charge in [-0.05, 0) is 41.5 Å². The largest absolute Gasteiger partial charge is 0.366 e. The van der Waals surface area contributed by atoms with Gasteiger partial charge in [0.25, 0.3) is 0 Å². The zero-order valence-corrected chi connectivity index (χ0v) is 18.0. The maximum absolute atomic E-state index is 13.5. The van der Waals surface area contributed by atoms with Gasteiger partial charge in [0.1, 0.15) is 11.6 Å². The Morgan fingerprint density at radius 1 is 1.00 bits per heavy atom. The first-order valence-electron chi connectivity index (χ1n) is 8.93. The second-order valence-corrected chi connectivity index (χ2v) is 9.51. The number of halogens is 2. The Morgan fingerprint density at radius 3 is 2.41 bits per heavy atom. The van der Waals surface area contributed by atoms with Crippen LogP contribution in [0.3, 0.4) is 0 Å². The first-order valence-corrected chi connectivity index (χ1v) is 11.6. The van der Waals surface area contributed by atoms with Crippen LogP contribution >= 0.6 is 15.9 Å². The molecule has 0 fully saturated rings. The van der Waals surface area contributed by atoms with E-state index in [2.05, 4.69) is 21.2 Å². The molecule has 4 nitrogen and oxygen atoms in total. The second kappa shape index (κ2) is 7.65. The first kappa shape index (κ1) is 19.7. The third-order valence-corrected chi connectivity index (χ3v) is 6.18. The second-order valence-electron chi connectivity index (χ2n) is 6.76. The molecule has 0 saturated heterocycles. The van der Waals surface area contributed by atoms with Crippen molar-refractivity contribution in [2.75, 3.05) is 11.6 Å². The molecule has 0 amide bonds. The third-order valence-electron chi connectivity index (χ3n) is 4.65. The van der Waals surface area contributed by atoms with Crippen LogP contribution in [0.25, 0.3) is 22.0 Å². The van der Waals surface area contributed by atoms with E-state index in [9.17, 15) is 12.8 Å². The molecule has 0 saturated carbocycles. The molecule has 0 aliphatic carbocycles. The summed E-state index contributed by atoms with van der Waals surface area (Å²) in [6.07, 6.45) is 1.18. The van der Waals surface area contributed by atoms with Gasteiger partial charge in [-0.3, -0.25) is 0 Å². The molecular weight excluding hydrogens is 455 g/mol. The van der Waals surface area contributed by atoms with Gasteiger partial charge in [-0.15, -0.1) is 0 Å². The summed E-state index contributed by atoms with van der Waals surface area (Å²) in [5.74, 6) is 0.115. The molecule has 1 aromatic heterocycles. The van der Waals surface area contributed by atoms with Crippen molar-refractivity contribution in [2.45, 2.75) is 6.54 Å². The highest BCUT2D eigenvalue weighted by Crippen LogP contribution is 2.39. The third kappa shape index (κ3) is 3.93. The quantitative estimate of drug-likeness (QED) is 0.409. The van der Waals surface area contributed by atoms with Crippen LogP contribution in [0.2, 0.25) is 0 Å². The van der Waals surface area contributed by atoms with Crippen molar-refractivity contribution < 1.29 is 12.8 Å². The molecule has 1 heterocycles. The van der Waals surface area contributed by atoms with Crippen molar-refractivity contribution >= 4 is 42.7 Å². The molecule has 4 rings (SSSR count). The smallest absolute Gasteiger partial charge is 0.237 e. The number of benzene rings is 3. The standard InChI is InChI=1S/C22H18BrFN2O2S/c1-29(27,28)26-20-8-3-2-7-19(20)21(16-9-11-18(24)12-10-16)22(26)25-14-15-5-4-6-17(23)13-15/h2-13,25H,14H2,1H3. The molecule has 7 heteroatoms. The van der Waals surface area contributed by atoms with Gasteiger partial charge in [0, 0.05) is 22.0 Å². The van der Waals surface area contributed by atoms with Crippen molar-refractivity contribution in [1.82, 2.24) is 3.97 Å². The fraction of sp³-hybridized carbons (Fsp3) is 0.0909. The minimum atomic E-state index is -3.60. The Hall–Kier alpha value is -2.64. The zero-order valence-electron chi connectivity index (χ0n) is 15.6. The molecule has 0 unspecified atom stereocenters. The maximum Gasteiger partial charge on any atom is 0.237 e. The number of hydrogen-bond donors (Lipinski definition) is 1. The van der Waals surface area contributed by atoms with E-state index < -0.39 is 10.0 Å². The van der Waals surface area contributed by atoms with Crippen molar-refractivity contribution in [2.24, 2.45) is 0 Å². The van der Waals surface area contributed by atoms with E-state index in [0.29, 0.717) is 17.9 Å². The van der Waals surface area contributed by atoms with Crippen LogP contribution in [0.4, 0.5) is 10.2 Å². The number of fused-ring (bicyclic) bond motifs is 1. The fourth-order valence-electron chi connectivity index (χ4n) is 3.46. The number of nitrogens with zero attached hydrogens (tertiary/aromatic N) is 1. The molecule has 0 aliphatic heterocycles. The SMILES string of the molecule is CS(=O)(=O)n1c(NCc2cccc(Br)c2)c(-c2ccc(F)cc2)c2ccccc21. The molecule has 3 aromatic carbocycles. The number of aromatic nitrogens is 1. The lowest BCUT2D eigenvalue weighted by Crippen LogP contribution is -2.14. The summed E-state index contributed by atoms with van der Waals surface area (Å²) in [5, 5.41) is 4.08. The normalized spacial score (nSPS) is 11.7. The Morgan fingerprint density at radius 2 is 1.72 bits per heavy atom. The lowest BCUT2D eigenvalue weighted by atomic mass is 10.0. The zero-order chi connectivity index (χ0) is 20.6. The monoisotopic (exact) mass is 472 g/mol. The van der Waals surface area contributed by atoms with Crippen LogP contribution in [0.15, 0.2) is 77.3 Å². The number of rotatable bonds is 5.